The summed E-state index contributed by atoms with van der Waals surface area (Å²) in [5.41, 5.74) is 0. The lowest BCUT2D eigenvalue weighted by Crippen LogP contribution is -2.60. The van der Waals surface area contributed by atoms with Crippen LogP contribution in [0.4, 0.5) is 0 Å². The van der Waals surface area contributed by atoms with E-state index in [0.717, 1.165) is 38.5 Å². The molecule has 1 saturated heterocycles. The van der Waals surface area contributed by atoms with Crippen molar-refractivity contribution in [1.82, 2.24) is 5.32 Å². The molecular formula is C62H123NO10. The molecule has 436 valence electrons. The Morgan fingerprint density at radius 3 is 1.01 bits per heavy atom. The van der Waals surface area contributed by atoms with Gasteiger partial charge in [0.1, 0.15) is 36.6 Å². The van der Waals surface area contributed by atoms with Crippen LogP contribution in [-0.2, 0) is 14.3 Å². The van der Waals surface area contributed by atoms with E-state index in [1.807, 2.05) is 0 Å². The summed E-state index contributed by atoms with van der Waals surface area (Å²) in [7, 11) is 0. The van der Waals surface area contributed by atoms with E-state index in [-0.39, 0.29) is 6.42 Å². The van der Waals surface area contributed by atoms with Gasteiger partial charge in [-0.1, -0.05) is 309 Å². The van der Waals surface area contributed by atoms with Crippen LogP contribution in [0.2, 0.25) is 0 Å². The molecule has 1 heterocycles. The van der Waals surface area contributed by atoms with Gasteiger partial charge in [0.25, 0.3) is 0 Å². The van der Waals surface area contributed by atoms with Crippen LogP contribution < -0.4 is 5.32 Å². The number of hydrogen-bond donors (Lipinski definition) is 8. The lowest BCUT2D eigenvalue weighted by Gasteiger charge is -2.40. The van der Waals surface area contributed by atoms with Crippen LogP contribution in [-0.4, -0.2) is 110 Å². The summed E-state index contributed by atoms with van der Waals surface area (Å²) in [5, 5.41) is 76.2. The fraction of sp³-hybridized carbons (Fsp3) is 0.984. The second-order valence-corrected chi connectivity index (χ2v) is 22.9. The highest BCUT2D eigenvalue weighted by atomic mass is 16.7. The predicted octanol–water partition coefficient (Wildman–Crippen LogP) is 14.1. The first-order chi connectivity index (χ1) is 35.7. The van der Waals surface area contributed by atoms with Gasteiger partial charge in [-0.05, 0) is 12.8 Å². The lowest BCUT2D eigenvalue weighted by atomic mass is 9.98. The SMILES string of the molecule is CCCCCCCCCCCCCCCCCCCCCCCCCCCCCCCCCCC(O)C(=O)NC(COC1OC(CO)C(O)C(O)C1O)C(O)C(O)CCCCCCCCCCCCCCCC. The number of unbranched alkanes of at least 4 members (excludes halogenated alkanes) is 44. The first-order valence-electron chi connectivity index (χ1n) is 31.9. The molecule has 0 bridgehead atoms. The number of carbonyl (C=O) groups excluding carboxylic acids is 1. The third-order valence-corrected chi connectivity index (χ3v) is 15.9. The molecule has 1 fully saturated rings. The van der Waals surface area contributed by atoms with Gasteiger partial charge in [0.15, 0.2) is 6.29 Å². The quantitative estimate of drug-likeness (QED) is 0.0272. The fourth-order valence-electron chi connectivity index (χ4n) is 10.7. The molecule has 0 saturated carbocycles. The van der Waals surface area contributed by atoms with Crippen molar-refractivity contribution >= 4 is 5.91 Å². The van der Waals surface area contributed by atoms with Crippen molar-refractivity contribution in [2.24, 2.45) is 0 Å². The molecule has 1 aliphatic heterocycles. The van der Waals surface area contributed by atoms with Gasteiger partial charge in [-0.25, -0.2) is 0 Å². The topological polar surface area (TPSA) is 189 Å². The van der Waals surface area contributed by atoms with E-state index in [0.29, 0.717) is 19.3 Å². The maximum atomic E-state index is 13.2. The zero-order valence-electron chi connectivity index (χ0n) is 47.9. The number of nitrogens with one attached hydrogen (secondary N) is 1. The van der Waals surface area contributed by atoms with Crippen molar-refractivity contribution in [2.75, 3.05) is 13.2 Å². The number of aliphatic hydroxyl groups is 7. The van der Waals surface area contributed by atoms with Gasteiger partial charge in [0.2, 0.25) is 5.91 Å². The summed E-state index contributed by atoms with van der Waals surface area (Å²) in [6, 6.07) is -1.16. The highest BCUT2D eigenvalue weighted by Gasteiger charge is 2.44. The van der Waals surface area contributed by atoms with Crippen molar-refractivity contribution in [3.63, 3.8) is 0 Å². The maximum absolute atomic E-state index is 13.2. The summed E-state index contributed by atoms with van der Waals surface area (Å²) < 4.78 is 11.2. The van der Waals surface area contributed by atoms with E-state index in [1.165, 1.54) is 244 Å². The minimum absolute atomic E-state index is 0.267. The lowest BCUT2D eigenvalue weighted by molar-refractivity contribution is -0.303. The number of carbonyl (C=O) groups is 1. The molecule has 1 amide bonds. The number of amides is 1. The maximum Gasteiger partial charge on any atom is 0.249 e. The molecule has 0 aromatic heterocycles. The molecule has 0 aromatic carbocycles. The normalized spacial score (nSPS) is 19.8. The molecule has 1 rings (SSSR count). The highest BCUT2D eigenvalue weighted by molar-refractivity contribution is 5.80. The molecule has 9 unspecified atom stereocenters. The Hall–Kier alpha value is -0.890. The van der Waals surface area contributed by atoms with E-state index < -0.39 is 74.2 Å². The van der Waals surface area contributed by atoms with Crippen molar-refractivity contribution in [3.8, 4) is 0 Å². The molecule has 8 N–H and O–H groups in total. The van der Waals surface area contributed by atoms with Crippen LogP contribution in [0, 0.1) is 0 Å². The summed E-state index contributed by atoms with van der Waals surface area (Å²) in [4.78, 5) is 13.2. The van der Waals surface area contributed by atoms with Gasteiger partial charge >= 0.3 is 0 Å². The summed E-state index contributed by atoms with van der Waals surface area (Å²) in [5.74, 6) is -0.689. The number of hydrogen-bond acceptors (Lipinski definition) is 10. The van der Waals surface area contributed by atoms with Gasteiger partial charge in [-0.15, -0.1) is 0 Å². The Morgan fingerprint density at radius 1 is 0.425 bits per heavy atom. The van der Waals surface area contributed by atoms with E-state index in [2.05, 4.69) is 19.2 Å². The Labute approximate surface area is 449 Å². The molecule has 11 nitrogen and oxygen atoms in total. The van der Waals surface area contributed by atoms with Crippen molar-refractivity contribution < 1.29 is 50.0 Å². The third kappa shape index (κ3) is 40.0. The molecule has 73 heavy (non-hydrogen) atoms. The van der Waals surface area contributed by atoms with Crippen molar-refractivity contribution in [1.29, 1.82) is 0 Å². The average molecular weight is 1040 g/mol. The third-order valence-electron chi connectivity index (χ3n) is 15.9. The average Bonchev–Trinajstić information content (AvgIpc) is 3.39. The van der Waals surface area contributed by atoms with E-state index in [9.17, 15) is 40.5 Å². The van der Waals surface area contributed by atoms with Crippen LogP contribution in [0.15, 0.2) is 0 Å². The Balaban J connectivity index is 2.16. The first kappa shape index (κ1) is 70.1. The molecule has 0 aliphatic carbocycles. The van der Waals surface area contributed by atoms with Crippen LogP contribution in [0.5, 0.6) is 0 Å². The number of ether oxygens (including phenoxy) is 2. The molecule has 1 aliphatic rings. The Kier molecular flexibility index (Phi) is 49.8. The molecular weight excluding hydrogens is 919 g/mol. The molecule has 11 heteroatoms. The molecule has 0 spiro atoms. The van der Waals surface area contributed by atoms with E-state index in [1.54, 1.807) is 0 Å². The van der Waals surface area contributed by atoms with Crippen LogP contribution in [0.3, 0.4) is 0 Å². The molecule has 0 radical (unpaired) electrons. The van der Waals surface area contributed by atoms with Gasteiger partial charge in [0, 0.05) is 0 Å². The summed E-state index contributed by atoms with van der Waals surface area (Å²) in [6.07, 6.45) is 49.0. The Bertz CT molecular complexity index is 1150. The first-order valence-corrected chi connectivity index (χ1v) is 31.9. The molecule has 9 atom stereocenters. The molecule has 0 aromatic rings. The smallest absolute Gasteiger partial charge is 0.249 e. The predicted molar refractivity (Wildman–Crippen MR) is 303 cm³/mol. The van der Waals surface area contributed by atoms with Gasteiger partial charge in [0.05, 0.1) is 25.4 Å². The summed E-state index contributed by atoms with van der Waals surface area (Å²) in [6.45, 7) is 3.50. The van der Waals surface area contributed by atoms with E-state index >= 15 is 0 Å². The standard InChI is InChI=1S/C62H123NO10/c1-3-5-7-9-11-13-15-17-19-20-21-22-23-24-25-26-27-28-29-30-31-32-33-34-35-36-38-40-42-44-46-48-50-55(66)61(71)63-53(52-72-62-60(70)59(69)58(68)56(51-64)73-62)57(67)54(65)49-47-45-43-41-39-37-18-16-14-12-10-8-6-4-2/h53-60,62,64-70H,3-52H2,1-2H3,(H,63,71). The second kappa shape index (κ2) is 51.8. The number of rotatable bonds is 56. The van der Waals surface area contributed by atoms with Gasteiger partial charge in [-0.3, -0.25) is 4.79 Å². The zero-order valence-corrected chi connectivity index (χ0v) is 47.9. The minimum atomic E-state index is -1.66. The second-order valence-electron chi connectivity index (χ2n) is 22.9. The van der Waals surface area contributed by atoms with Crippen LogP contribution >= 0.6 is 0 Å². The largest absolute Gasteiger partial charge is 0.394 e. The number of aliphatic hydroxyl groups excluding tert-OH is 7. The summed E-state index contributed by atoms with van der Waals surface area (Å²) >= 11 is 0. The van der Waals surface area contributed by atoms with Crippen LogP contribution in [0.25, 0.3) is 0 Å². The minimum Gasteiger partial charge on any atom is -0.394 e. The van der Waals surface area contributed by atoms with Gasteiger partial charge < -0.3 is 50.5 Å². The van der Waals surface area contributed by atoms with Crippen molar-refractivity contribution in [3.05, 3.63) is 0 Å². The zero-order chi connectivity index (χ0) is 53.3. The highest BCUT2D eigenvalue weighted by Crippen LogP contribution is 2.24. The van der Waals surface area contributed by atoms with Crippen LogP contribution in [0.1, 0.15) is 322 Å². The fourth-order valence-corrected chi connectivity index (χ4v) is 10.7. The monoisotopic (exact) mass is 1040 g/mol. The van der Waals surface area contributed by atoms with Gasteiger partial charge in [-0.2, -0.15) is 0 Å². The van der Waals surface area contributed by atoms with Crippen molar-refractivity contribution in [2.45, 2.75) is 377 Å². The van der Waals surface area contributed by atoms with E-state index in [4.69, 9.17) is 9.47 Å². The Morgan fingerprint density at radius 2 is 0.712 bits per heavy atom.